The van der Waals surface area contributed by atoms with E-state index in [0.717, 1.165) is 23.3 Å². The first-order valence-corrected chi connectivity index (χ1v) is 5.46. The topological polar surface area (TPSA) is 35.2 Å². The van der Waals surface area contributed by atoms with E-state index in [4.69, 9.17) is 16.9 Å². The molecule has 0 aliphatic carbocycles. The fraction of sp³-hybridized carbons (Fsp3) is 0.429. The molecule has 0 amide bonds. The van der Waals surface area contributed by atoms with Crippen LogP contribution in [0.25, 0.3) is 0 Å². The summed E-state index contributed by atoms with van der Waals surface area (Å²) in [5.41, 5.74) is 9.27. The maximum absolute atomic E-state index is 5.79. The van der Waals surface area contributed by atoms with Gasteiger partial charge in [-0.1, -0.05) is 18.1 Å². The van der Waals surface area contributed by atoms with Gasteiger partial charge >= 0.3 is 0 Å². The number of nitrogens with two attached hydrogens (primary N) is 1. The highest BCUT2D eigenvalue weighted by molar-refractivity contribution is 5.43. The van der Waals surface area contributed by atoms with Gasteiger partial charge in [0.2, 0.25) is 0 Å². The molecule has 0 aliphatic rings. The number of hydrogen-bond donors (Lipinski definition) is 1. The Balaban J connectivity index is 2.94. The molecular weight excluding hydrogens is 198 g/mol. The van der Waals surface area contributed by atoms with Crippen molar-refractivity contribution in [1.29, 1.82) is 0 Å². The van der Waals surface area contributed by atoms with Crippen molar-refractivity contribution < 1.29 is 4.74 Å². The van der Waals surface area contributed by atoms with Gasteiger partial charge in [0.15, 0.2) is 0 Å². The van der Waals surface area contributed by atoms with Gasteiger partial charge in [-0.05, 0) is 43.9 Å². The molecule has 0 saturated heterocycles. The normalized spacial score (nSPS) is 11.9. The molecule has 0 aromatic heterocycles. The SMILES string of the molecule is C#CCOc1c(C)cc(CC(C)N)cc1C. The summed E-state index contributed by atoms with van der Waals surface area (Å²) in [6.07, 6.45) is 6.07. The second kappa shape index (κ2) is 5.58. The Morgan fingerprint density at radius 2 is 1.94 bits per heavy atom. The van der Waals surface area contributed by atoms with E-state index in [0.29, 0.717) is 6.61 Å². The summed E-state index contributed by atoms with van der Waals surface area (Å²) in [7, 11) is 0. The van der Waals surface area contributed by atoms with Gasteiger partial charge in [0, 0.05) is 6.04 Å². The average Bonchev–Trinajstić information content (AvgIpc) is 2.15. The summed E-state index contributed by atoms with van der Waals surface area (Å²) >= 11 is 0. The van der Waals surface area contributed by atoms with Gasteiger partial charge in [0.25, 0.3) is 0 Å². The van der Waals surface area contributed by atoms with Crippen molar-refractivity contribution in [2.75, 3.05) is 6.61 Å². The second-order valence-corrected chi connectivity index (χ2v) is 4.23. The molecule has 0 radical (unpaired) electrons. The Hall–Kier alpha value is -1.46. The maximum atomic E-state index is 5.79. The number of aryl methyl sites for hydroxylation is 2. The summed E-state index contributed by atoms with van der Waals surface area (Å²) in [4.78, 5) is 0. The largest absolute Gasteiger partial charge is 0.480 e. The van der Waals surface area contributed by atoms with Crippen LogP contribution in [-0.2, 0) is 6.42 Å². The quantitative estimate of drug-likeness (QED) is 0.785. The van der Waals surface area contributed by atoms with Crippen LogP contribution >= 0.6 is 0 Å². The molecule has 2 N–H and O–H groups in total. The van der Waals surface area contributed by atoms with Crippen LogP contribution in [0, 0.1) is 26.2 Å². The number of terminal acetylenes is 1. The fourth-order valence-corrected chi connectivity index (χ4v) is 1.87. The van der Waals surface area contributed by atoms with E-state index in [1.54, 1.807) is 0 Å². The van der Waals surface area contributed by atoms with Crippen molar-refractivity contribution in [3.8, 4) is 18.1 Å². The van der Waals surface area contributed by atoms with Crippen LogP contribution in [0.15, 0.2) is 12.1 Å². The summed E-state index contributed by atoms with van der Waals surface area (Å²) in [6.45, 7) is 6.38. The van der Waals surface area contributed by atoms with Crippen molar-refractivity contribution in [3.63, 3.8) is 0 Å². The molecule has 1 unspecified atom stereocenters. The highest BCUT2D eigenvalue weighted by Gasteiger charge is 2.07. The minimum atomic E-state index is 0.177. The van der Waals surface area contributed by atoms with Crippen molar-refractivity contribution >= 4 is 0 Å². The van der Waals surface area contributed by atoms with E-state index in [1.165, 1.54) is 5.56 Å². The highest BCUT2D eigenvalue weighted by atomic mass is 16.5. The van der Waals surface area contributed by atoms with E-state index in [2.05, 4.69) is 18.1 Å². The van der Waals surface area contributed by atoms with Crippen LogP contribution in [0.1, 0.15) is 23.6 Å². The first-order valence-electron chi connectivity index (χ1n) is 5.46. The smallest absolute Gasteiger partial charge is 0.148 e. The van der Waals surface area contributed by atoms with Gasteiger partial charge < -0.3 is 10.5 Å². The lowest BCUT2D eigenvalue weighted by Gasteiger charge is -2.13. The van der Waals surface area contributed by atoms with Crippen molar-refractivity contribution in [1.82, 2.24) is 0 Å². The zero-order valence-electron chi connectivity index (χ0n) is 10.2. The van der Waals surface area contributed by atoms with E-state index in [9.17, 15) is 0 Å². The second-order valence-electron chi connectivity index (χ2n) is 4.23. The molecule has 1 atom stereocenters. The van der Waals surface area contributed by atoms with Gasteiger partial charge in [-0.25, -0.2) is 0 Å². The van der Waals surface area contributed by atoms with Crippen molar-refractivity contribution in [2.45, 2.75) is 33.2 Å². The molecule has 0 saturated carbocycles. The lowest BCUT2D eigenvalue weighted by Crippen LogP contribution is -2.18. The van der Waals surface area contributed by atoms with Crippen LogP contribution in [0.5, 0.6) is 5.75 Å². The number of rotatable bonds is 4. The van der Waals surface area contributed by atoms with Gasteiger partial charge in [-0.15, -0.1) is 6.42 Å². The zero-order valence-corrected chi connectivity index (χ0v) is 10.2. The predicted molar refractivity (Wildman–Crippen MR) is 67.6 cm³/mol. The molecule has 0 aliphatic heterocycles. The molecule has 1 aromatic rings. The minimum Gasteiger partial charge on any atom is -0.480 e. The standard InChI is InChI=1S/C14H19NO/c1-5-6-16-14-10(2)7-13(8-11(14)3)9-12(4)15/h1,7-8,12H,6,9,15H2,2-4H3. The molecule has 86 valence electrons. The van der Waals surface area contributed by atoms with Crippen molar-refractivity contribution in [2.24, 2.45) is 5.73 Å². The molecule has 16 heavy (non-hydrogen) atoms. The van der Waals surface area contributed by atoms with Crippen LogP contribution < -0.4 is 10.5 Å². The van der Waals surface area contributed by atoms with Crippen molar-refractivity contribution in [3.05, 3.63) is 28.8 Å². The lowest BCUT2D eigenvalue weighted by atomic mass is 10.0. The zero-order chi connectivity index (χ0) is 12.1. The maximum Gasteiger partial charge on any atom is 0.148 e. The fourth-order valence-electron chi connectivity index (χ4n) is 1.87. The monoisotopic (exact) mass is 217 g/mol. The molecule has 2 nitrogen and oxygen atoms in total. The Bertz CT molecular complexity index is 379. The summed E-state index contributed by atoms with van der Waals surface area (Å²) in [5.74, 6) is 3.37. The Labute approximate surface area is 97.8 Å². The van der Waals surface area contributed by atoms with Crippen LogP contribution in [0.4, 0.5) is 0 Å². The van der Waals surface area contributed by atoms with E-state index < -0.39 is 0 Å². The molecule has 0 bridgehead atoms. The molecule has 1 rings (SSSR count). The Morgan fingerprint density at radius 3 is 2.38 bits per heavy atom. The lowest BCUT2D eigenvalue weighted by molar-refractivity contribution is 0.365. The third-order valence-corrected chi connectivity index (χ3v) is 2.38. The summed E-state index contributed by atoms with van der Waals surface area (Å²) in [6, 6.07) is 4.40. The molecule has 0 heterocycles. The molecule has 1 aromatic carbocycles. The molecule has 2 heteroatoms. The number of ether oxygens (including phenoxy) is 1. The van der Waals surface area contributed by atoms with Crippen LogP contribution in [0.3, 0.4) is 0 Å². The highest BCUT2D eigenvalue weighted by Crippen LogP contribution is 2.25. The van der Waals surface area contributed by atoms with Crippen LogP contribution in [0.2, 0.25) is 0 Å². The summed E-state index contributed by atoms with van der Waals surface area (Å²) < 4.78 is 5.51. The van der Waals surface area contributed by atoms with Crippen LogP contribution in [-0.4, -0.2) is 12.6 Å². The summed E-state index contributed by atoms with van der Waals surface area (Å²) in [5, 5.41) is 0. The third kappa shape index (κ3) is 3.29. The first-order chi connectivity index (χ1) is 7.54. The van der Waals surface area contributed by atoms with E-state index in [1.807, 2.05) is 20.8 Å². The van der Waals surface area contributed by atoms with Gasteiger partial charge in [-0.3, -0.25) is 0 Å². The molecule has 0 spiro atoms. The average molecular weight is 217 g/mol. The van der Waals surface area contributed by atoms with E-state index >= 15 is 0 Å². The molecular formula is C14H19NO. The number of hydrogen-bond acceptors (Lipinski definition) is 2. The van der Waals surface area contributed by atoms with Gasteiger partial charge in [0.1, 0.15) is 12.4 Å². The van der Waals surface area contributed by atoms with Gasteiger partial charge in [0.05, 0.1) is 0 Å². The third-order valence-electron chi connectivity index (χ3n) is 2.38. The minimum absolute atomic E-state index is 0.177. The van der Waals surface area contributed by atoms with E-state index in [-0.39, 0.29) is 6.04 Å². The Morgan fingerprint density at radius 1 is 1.38 bits per heavy atom. The number of benzene rings is 1. The predicted octanol–water partition coefficient (Wildman–Crippen LogP) is 2.21. The molecule has 0 fully saturated rings. The van der Waals surface area contributed by atoms with Gasteiger partial charge in [-0.2, -0.15) is 0 Å². The first kappa shape index (κ1) is 12.6. The Kier molecular flexibility index (Phi) is 4.39.